The zero-order valence-corrected chi connectivity index (χ0v) is 10.5. The number of fused-ring (bicyclic) bond motifs is 1. The van der Waals surface area contributed by atoms with E-state index in [-0.39, 0.29) is 5.92 Å². The molecule has 1 saturated carbocycles. The molecule has 0 aliphatic heterocycles. The molecular weight excluding hydrogens is 256 g/mol. The Kier molecular flexibility index (Phi) is 2.20. The Bertz CT molecular complexity index is 891. The maximum Gasteiger partial charge on any atom is 0.327 e. The molecule has 0 radical (unpaired) electrons. The van der Waals surface area contributed by atoms with Gasteiger partial charge in [0, 0.05) is 5.92 Å². The molecule has 0 amide bonds. The molecule has 0 bridgehead atoms. The van der Waals surface area contributed by atoms with Crippen molar-refractivity contribution in [3.8, 4) is 0 Å². The van der Waals surface area contributed by atoms with Crippen LogP contribution in [-0.2, 0) is 0 Å². The summed E-state index contributed by atoms with van der Waals surface area (Å²) in [6, 6.07) is 10.2. The number of aromatic nitrogens is 4. The SMILES string of the molecule is O=c1[nH]c(=O)c2[nH]c(C3CC3c3ccccc3)nc2[nH]1. The lowest BCUT2D eigenvalue weighted by Crippen LogP contribution is -2.21. The highest BCUT2D eigenvalue weighted by molar-refractivity contribution is 5.69. The molecule has 4 rings (SSSR count). The van der Waals surface area contributed by atoms with Crippen molar-refractivity contribution in [2.24, 2.45) is 0 Å². The van der Waals surface area contributed by atoms with Crippen LogP contribution < -0.4 is 11.2 Å². The number of hydrogen-bond donors (Lipinski definition) is 3. The smallest absolute Gasteiger partial charge is 0.327 e. The number of aromatic amines is 3. The number of hydrogen-bond acceptors (Lipinski definition) is 3. The topological polar surface area (TPSA) is 94.4 Å². The Labute approximate surface area is 112 Å². The number of nitrogens with zero attached hydrogens (tertiary/aromatic N) is 1. The van der Waals surface area contributed by atoms with Gasteiger partial charge in [0.1, 0.15) is 11.3 Å². The van der Waals surface area contributed by atoms with Gasteiger partial charge in [0.15, 0.2) is 5.65 Å². The molecular formula is C14H12N4O2. The number of rotatable bonds is 2. The van der Waals surface area contributed by atoms with Gasteiger partial charge in [0.2, 0.25) is 0 Å². The van der Waals surface area contributed by atoms with Crippen molar-refractivity contribution in [2.75, 3.05) is 0 Å². The summed E-state index contributed by atoms with van der Waals surface area (Å²) in [5, 5.41) is 0. The molecule has 3 aromatic rings. The van der Waals surface area contributed by atoms with Gasteiger partial charge in [0.25, 0.3) is 5.56 Å². The van der Waals surface area contributed by atoms with Crippen LogP contribution in [-0.4, -0.2) is 19.9 Å². The first kappa shape index (κ1) is 11.2. The average Bonchev–Trinajstić information content (AvgIpc) is 3.13. The van der Waals surface area contributed by atoms with Gasteiger partial charge in [-0.05, 0) is 17.9 Å². The second-order valence-electron chi connectivity index (χ2n) is 5.11. The minimum absolute atomic E-state index is 0.285. The summed E-state index contributed by atoms with van der Waals surface area (Å²) in [6.45, 7) is 0. The molecule has 2 heterocycles. The number of benzene rings is 1. The predicted octanol–water partition coefficient (Wildman–Crippen LogP) is 1.21. The summed E-state index contributed by atoms with van der Waals surface area (Å²) in [5.74, 6) is 1.48. The van der Waals surface area contributed by atoms with Crippen molar-refractivity contribution in [2.45, 2.75) is 18.3 Å². The Balaban J connectivity index is 1.73. The van der Waals surface area contributed by atoms with E-state index >= 15 is 0 Å². The van der Waals surface area contributed by atoms with E-state index in [1.54, 1.807) is 0 Å². The van der Waals surface area contributed by atoms with Crippen molar-refractivity contribution in [1.82, 2.24) is 19.9 Å². The first-order valence-electron chi connectivity index (χ1n) is 6.49. The van der Waals surface area contributed by atoms with E-state index in [4.69, 9.17) is 0 Å². The van der Waals surface area contributed by atoms with E-state index < -0.39 is 11.2 Å². The van der Waals surface area contributed by atoms with E-state index in [1.165, 1.54) is 5.56 Å². The highest BCUT2D eigenvalue weighted by Crippen LogP contribution is 2.53. The molecule has 2 aromatic heterocycles. The van der Waals surface area contributed by atoms with Gasteiger partial charge in [0.05, 0.1) is 0 Å². The Hall–Kier alpha value is -2.63. The molecule has 3 N–H and O–H groups in total. The second-order valence-corrected chi connectivity index (χ2v) is 5.11. The van der Waals surface area contributed by atoms with E-state index in [2.05, 4.69) is 32.1 Å². The van der Waals surface area contributed by atoms with Crippen molar-refractivity contribution in [3.05, 3.63) is 62.6 Å². The van der Waals surface area contributed by atoms with Crippen LogP contribution in [0.25, 0.3) is 11.2 Å². The Morgan fingerprint density at radius 3 is 2.60 bits per heavy atom. The van der Waals surface area contributed by atoms with E-state index in [0.29, 0.717) is 17.1 Å². The highest BCUT2D eigenvalue weighted by atomic mass is 16.2. The summed E-state index contributed by atoms with van der Waals surface area (Å²) in [7, 11) is 0. The van der Waals surface area contributed by atoms with Crippen LogP contribution in [0.5, 0.6) is 0 Å². The van der Waals surface area contributed by atoms with Crippen molar-refractivity contribution in [1.29, 1.82) is 0 Å². The lowest BCUT2D eigenvalue weighted by molar-refractivity contribution is 0.935. The third-order valence-electron chi connectivity index (χ3n) is 3.78. The van der Waals surface area contributed by atoms with Crippen molar-refractivity contribution < 1.29 is 0 Å². The summed E-state index contributed by atoms with van der Waals surface area (Å²) >= 11 is 0. The maximum absolute atomic E-state index is 11.7. The fraction of sp³-hybridized carbons (Fsp3) is 0.214. The molecule has 2 atom stereocenters. The lowest BCUT2D eigenvalue weighted by atomic mass is 10.1. The van der Waals surface area contributed by atoms with Gasteiger partial charge in [-0.2, -0.15) is 0 Å². The normalized spacial score (nSPS) is 21.2. The summed E-state index contributed by atoms with van der Waals surface area (Å²) in [6.07, 6.45) is 1.01. The molecule has 0 spiro atoms. The van der Waals surface area contributed by atoms with E-state index in [1.807, 2.05) is 18.2 Å². The van der Waals surface area contributed by atoms with E-state index in [0.717, 1.165) is 12.2 Å². The average molecular weight is 268 g/mol. The summed E-state index contributed by atoms with van der Waals surface area (Å²) < 4.78 is 0. The lowest BCUT2D eigenvalue weighted by Gasteiger charge is -1.97. The zero-order chi connectivity index (χ0) is 13.7. The molecule has 2 unspecified atom stereocenters. The zero-order valence-electron chi connectivity index (χ0n) is 10.5. The molecule has 20 heavy (non-hydrogen) atoms. The largest absolute Gasteiger partial charge is 0.336 e. The third kappa shape index (κ3) is 1.69. The molecule has 1 aromatic carbocycles. The summed E-state index contributed by atoms with van der Waals surface area (Å²) in [4.78, 5) is 35.0. The van der Waals surface area contributed by atoms with Gasteiger partial charge in [-0.25, -0.2) is 9.78 Å². The fourth-order valence-corrected chi connectivity index (χ4v) is 2.69. The van der Waals surface area contributed by atoms with Crippen LogP contribution in [0, 0.1) is 0 Å². The van der Waals surface area contributed by atoms with Crippen LogP contribution in [0.3, 0.4) is 0 Å². The summed E-state index contributed by atoms with van der Waals surface area (Å²) in [5.41, 5.74) is 0.974. The Morgan fingerprint density at radius 1 is 1.00 bits per heavy atom. The van der Waals surface area contributed by atoms with Gasteiger partial charge < -0.3 is 4.98 Å². The highest BCUT2D eigenvalue weighted by Gasteiger charge is 2.41. The molecule has 100 valence electrons. The van der Waals surface area contributed by atoms with Crippen molar-refractivity contribution >= 4 is 11.2 Å². The van der Waals surface area contributed by atoms with Gasteiger partial charge in [-0.1, -0.05) is 30.3 Å². The predicted molar refractivity (Wildman–Crippen MR) is 73.9 cm³/mol. The fourth-order valence-electron chi connectivity index (χ4n) is 2.69. The first-order chi connectivity index (χ1) is 9.72. The van der Waals surface area contributed by atoms with Crippen LogP contribution in [0.15, 0.2) is 39.9 Å². The van der Waals surface area contributed by atoms with Gasteiger partial charge >= 0.3 is 5.69 Å². The van der Waals surface area contributed by atoms with Crippen LogP contribution in [0.1, 0.15) is 29.6 Å². The number of imidazole rings is 1. The molecule has 0 saturated heterocycles. The second kappa shape index (κ2) is 3.93. The number of nitrogens with one attached hydrogen (secondary N) is 3. The number of H-pyrrole nitrogens is 3. The standard InChI is InChI=1S/C14H12N4O2/c19-13-10-12(17-14(20)18-13)16-11(15-10)9-6-8(9)7-4-2-1-3-5-7/h1-5,8-9H,6H2,(H3,15,16,17,18,19,20). The quantitative estimate of drug-likeness (QED) is 0.652. The molecule has 1 aliphatic rings. The van der Waals surface area contributed by atoms with Crippen LogP contribution >= 0.6 is 0 Å². The van der Waals surface area contributed by atoms with Gasteiger partial charge in [-0.15, -0.1) is 0 Å². The first-order valence-corrected chi connectivity index (χ1v) is 6.49. The molecule has 1 fully saturated rings. The monoisotopic (exact) mass is 268 g/mol. The minimum Gasteiger partial charge on any atom is -0.336 e. The molecule has 6 heteroatoms. The van der Waals surface area contributed by atoms with Crippen LogP contribution in [0.2, 0.25) is 0 Å². The third-order valence-corrected chi connectivity index (χ3v) is 3.78. The van der Waals surface area contributed by atoms with Crippen molar-refractivity contribution in [3.63, 3.8) is 0 Å². The maximum atomic E-state index is 11.7. The molecule has 1 aliphatic carbocycles. The van der Waals surface area contributed by atoms with E-state index in [9.17, 15) is 9.59 Å². The molecule has 6 nitrogen and oxygen atoms in total. The Morgan fingerprint density at radius 2 is 1.80 bits per heavy atom. The van der Waals surface area contributed by atoms with Gasteiger partial charge in [-0.3, -0.25) is 14.8 Å². The minimum atomic E-state index is -0.532. The van der Waals surface area contributed by atoms with Crippen LogP contribution in [0.4, 0.5) is 0 Å².